The van der Waals surface area contributed by atoms with Crippen LogP contribution in [-0.2, 0) is 0 Å². The quantitative estimate of drug-likeness (QED) is 0.403. The van der Waals surface area contributed by atoms with Gasteiger partial charge in [-0.05, 0) is 0 Å². The molecular formula is C10H21Na. The van der Waals surface area contributed by atoms with Gasteiger partial charge in [-0.1, -0.05) is 52.4 Å². The van der Waals surface area contributed by atoms with E-state index in [1.165, 1.54) is 38.5 Å². The third-order valence-electron chi connectivity index (χ3n) is 1.93. The summed E-state index contributed by atoms with van der Waals surface area (Å²) in [6.45, 7) is 8.60. The third kappa shape index (κ3) is 11.0. The Kier molecular flexibility index (Phi) is 14.5. The van der Waals surface area contributed by atoms with Gasteiger partial charge in [-0.2, -0.15) is 5.92 Å². The predicted octanol–water partition coefficient (Wildman–Crippen LogP) is 0.821. The van der Waals surface area contributed by atoms with E-state index in [9.17, 15) is 0 Å². The van der Waals surface area contributed by atoms with Crippen LogP contribution >= 0.6 is 0 Å². The molecule has 0 aliphatic rings. The largest absolute Gasteiger partial charge is 1.00 e. The summed E-state index contributed by atoms with van der Waals surface area (Å²) >= 11 is 0. The molecule has 0 nitrogen and oxygen atoms in total. The average molecular weight is 164 g/mol. The number of rotatable bonds is 6. The van der Waals surface area contributed by atoms with Crippen molar-refractivity contribution in [2.24, 2.45) is 5.92 Å². The Morgan fingerprint density at radius 2 is 1.36 bits per heavy atom. The van der Waals surface area contributed by atoms with E-state index >= 15 is 0 Å². The van der Waals surface area contributed by atoms with Gasteiger partial charge in [0.1, 0.15) is 0 Å². The molecule has 0 aromatic rings. The first-order valence-electron chi connectivity index (χ1n) is 4.64. The van der Waals surface area contributed by atoms with Crippen molar-refractivity contribution >= 4 is 0 Å². The summed E-state index contributed by atoms with van der Waals surface area (Å²) in [5.74, 6) is 0.722. The second kappa shape index (κ2) is 11.0. The molecule has 11 heavy (non-hydrogen) atoms. The van der Waals surface area contributed by atoms with E-state index in [1.807, 2.05) is 0 Å². The Bertz CT molecular complexity index is 53.9. The minimum atomic E-state index is 0. The van der Waals surface area contributed by atoms with E-state index in [2.05, 4.69) is 20.8 Å². The second-order valence-electron chi connectivity index (χ2n) is 3.15. The van der Waals surface area contributed by atoms with E-state index in [0.29, 0.717) is 0 Å². The van der Waals surface area contributed by atoms with Crippen molar-refractivity contribution in [1.82, 2.24) is 0 Å². The predicted molar refractivity (Wildman–Crippen MR) is 47.9 cm³/mol. The average Bonchev–Trinajstić information content (AvgIpc) is 1.97. The number of hydrogen-bond acceptors (Lipinski definition) is 0. The van der Waals surface area contributed by atoms with Gasteiger partial charge >= 0.3 is 29.6 Å². The molecule has 0 atom stereocenters. The molecule has 0 aromatic heterocycles. The minimum absolute atomic E-state index is 0. The van der Waals surface area contributed by atoms with Crippen molar-refractivity contribution in [1.29, 1.82) is 0 Å². The van der Waals surface area contributed by atoms with Gasteiger partial charge in [-0.15, -0.1) is 0 Å². The molecule has 0 rings (SSSR count). The Balaban J connectivity index is 0. The molecule has 0 N–H and O–H groups in total. The van der Waals surface area contributed by atoms with Crippen LogP contribution in [0.5, 0.6) is 0 Å². The standard InChI is InChI=1S/C10H21.Na/c1-4-6-8-10(3)9-7-5-2;/h10H,3-9H2,1-2H3;/q-1;+1. The normalized spacial score (nSPS) is 9.82. The van der Waals surface area contributed by atoms with E-state index in [1.54, 1.807) is 0 Å². The van der Waals surface area contributed by atoms with Crippen molar-refractivity contribution in [3.05, 3.63) is 6.92 Å². The van der Waals surface area contributed by atoms with Crippen LogP contribution in [0.1, 0.15) is 52.4 Å². The molecule has 0 saturated carbocycles. The maximum absolute atomic E-state index is 4.11. The van der Waals surface area contributed by atoms with Crippen LogP contribution in [-0.4, -0.2) is 0 Å². The molecule has 0 unspecified atom stereocenters. The first-order chi connectivity index (χ1) is 4.81. The van der Waals surface area contributed by atoms with Crippen molar-refractivity contribution < 1.29 is 29.6 Å². The summed E-state index contributed by atoms with van der Waals surface area (Å²) in [5, 5.41) is 0. The fraction of sp³-hybridized carbons (Fsp3) is 0.900. The molecule has 0 bridgehead atoms. The van der Waals surface area contributed by atoms with Crippen LogP contribution in [0.15, 0.2) is 0 Å². The van der Waals surface area contributed by atoms with Gasteiger partial charge in [0.05, 0.1) is 0 Å². The molecule has 0 heterocycles. The molecule has 1 heteroatoms. The maximum Gasteiger partial charge on any atom is 1.00 e. The number of unbranched alkanes of at least 4 members (excludes halogenated alkanes) is 2. The Morgan fingerprint density at radius 1 is 1.00 bits per heavy atom. The van der Waals surface area contributed by atoms with Crippen LogP contribution in [0.4, 0.5) is 0 Å². The Hall–Kier alpha value is 1.00. The SMILES string of the molecule is [CH2-]C(CCCC)CCCC.[Na+]. The molecule has 0 aliphatic heterocycles. The molecule has 0 radical (unpaired) electrons. The maximum atomic E-state index is 4.11. The summed E-state index contributed by atoms with van der Waals surface area (Å²) < 4.78 is 0. The van der Waals surface area contributed by atoms with Gasteiger partial charge < -0.3 is 6.92 Å². The Labute approximate surface area is 94.4 Å². The van der Waals surface area contributed by atoms with Crippen LogP contribution in [0.3, 0.4) is 0 Å². The van der Waals surface area contributed by atoms with Crippen LogP contribution in [0.2, 0.25) is 0 Å². The molecule has 0 aromatic carbocycles. The molecule has 0 spiro atoms. The van der Waals surface area contributed by atoms with Crippen molar-refractivity contribution in [3.8, 4) is 0 Å². The summed E-state index contributed by atoms with van der Waals surface area (Å²) in [4.78, 5) is 0. The summed E-state index contributed by atoms with van der Waals surface area (Å²) in [6.07, 6.45) is 8.01. The fourth-order valence-corrected chi connectivity index (χ4v) is 1.13. The van der Waals surface area contributed by atoms with Gasteiger partial charge in [-0.25, -0.2) is 0 Å². The van der Waals surface area contributed by atoms with Gasteiger partial charge in [0.2, 0.25) is 0 Å². The van der Waals surface area contributed by atoms with E-state index in [0.717, 1.165) is 5.92 Å². The zero-order valence-electron chi connectivity index (χ0n) is 8.53. The van der Waals surface area contributed by atoms with Gasteiger partial charge in [0, 0.05) is 0 Å². The van der Waals surface area contributed by atoms with Crippen molar-refractivity contribution in [3.63, 3.8) is 0 Å². The zero-order chi connectivity index (χ0) is 7.82. The molecule has 0 aliphatic carbocycles. The van der Waals surface area contributed by atoms with Gasteiger partial charge in [-0.3, -0.25) is 0 Å². The zero-order valence-corrected chi connectivity index (χ0v) is 10.5. The molecular weight excluding hydrogens is 143 g/mol. The summed E-state index contributed by atoms with van der Waals surface area (Å²) in [5.41, 5.74) is 0. The second-order valence-corrected chi connectivity index (χ2v) is 3.15. The molecule has 0 fully saturated rings. The third-order valence-corrected chi connectivity index (χ3v) is 1.93. The molecule has 62 valence electrons. The van der Waals surface area contributed by atoms with E-state index in [-0.39, 0.29) is 29.6 Å². The van der Waals surface area contributed by atoms with E-state index in [4.69, 9.17) is 0 Å². The fourth-order valence-electron chi connectivity index (χ4n) is 1.13. The van der Waals surface area contributed by atoms with Crippen LogP contribution < -0.4 is 29.6 Å². The molecule has 0 saturated heterocycles. The molecule has 0 amide bonds. The van der Waals surface area contributed by atoms with Gasteiger partial charge in [0.25, 0.3) is 0 Å². The minimum Gasteiger partial charge on any atom is -0.340 e. The Morgan fingerprint density at radius 3 is 1.64 bits per heavy atom. The van der Waals surface area contributed by atoms with Crippen molar-refractivity contribution in [2.45, 2.75) is 52.4 Å². The van der Waals surface area contributed by atoms with E-state index < -0.39 is 0 Å². The van der Waals surface area contributed by atoms with Crippen LogP contribution in [0.25, 0.3) is 0 Å². The monoisotopic (exact) mass is 164 g/mol. The smallest absolute Gasteiger partial charge is 0.340 e. The van der Waals surface area contributed by atoms with Crippen molar-refractivity contribution in [2.75, 3.05) is 0 Å². The number of hydrogen-bond donors (Lipinski definition) is 0. The first kappa shape index (κ1) is 14.5. The summed E-state index contributed by atoms with van der Waals surface area (Å²) in [7, 11) is 0. The van der Waals surface area contributed by atoms with Crippen LogP contribution in [0, 0.1) is 12.8 Å². The first-order valence-corrected chi connectivity index (χ1v) is 4.64. The summed E-state index contributed by atoms with van der Waals surface area (Å²) in [6, 6.07) is 0. The van der Waals surface area contributed by atoms with Gasteiger partial charge in [0.15, 0.2) is 0 Å². The topological polar surface area (TPSA) is 0 Å².